The van der Waals surface area contributed by atoms with Crippen LogP contribution in [0.5, 0.6) is 5.75 Å². The lowest BCUT2D eigenvalue weighted by molar-refractivity contribution is 0.0409. The van der Waals surface area contributed by atoms with Crippen LogP contribution in [0.4, 0.5) is 14.5 Å². The lowest BCUT2D eigenvalue weighted by atomic mass is 10.3. The lowest BCUT2D eigenvalue weighted by Crippen LogP contribution is -2.22. The van der Waals surface area contributed by atoms with Crippen molar-refractivity contribution in [3.8, 4) is 5.75 Å². The number of nitrogen functional groups attached to an aromatic ring is 1. The van der Waals surface area contributed by atoms with Gasteiger partial charge >= 0.3 is 0 Å². The van der Waals surface area contributed by atoms with Gasteiger partial charge in [0.05, 0.1) is 22.4 Å². The molecular weight excluding hydrogens is 348 g/mol. The summed E-state index contributed by atoms with van der Waals surface area (Å²) < 4.78 is 34.0. The first-order valence-electron chi connectivity index (χ1n) is 7.72. The molecular formula is C17H17F2N3O2S. The van der Waals surface area contributed by atoms with Crippen LogP contribution in [-0.4, -0.2) is 22.1 Å². The molecule has 3 rings (SSSR count). The van der Waals surface area contributed by atoms with Gasteiger partial charge in [0.1, 0.15) is 16.9 Å². The van der Waals surface area contributed by atoms with Gasteiger partial charge < -0.3 is 15.0 Å². The zero-order chi connectivity index (χ0) is 18.0. The molecule has 2 N–H and O–H groups in total. The molecule has 0 bridgehead atoms. The highest BCUT2D eigenvalue weighted by Gasteiger charge is 2.16. The fourth-order valence-corrected chi connectivity index (χ4v) is 3.42. The minimum atomic E-state index is -1.73. The SMILES string of the molecule is CC(F)CC(F)Oc1cccc2nc(Cn3cccc(N)c3=O)sc12. The molecule has 8 heteroatoms. The van der Waals surface area contributed by atoms with E-state index in [2.05, 4.69) is 4.98 Å². The number of hydrogen-bond acceptors (Lipinski definition) is 5. The van der Waals surface area contributed by atoms with E-state index in [4.69, 9.17) is 10.5 Å². The average Bonchev–Trinajstić information content (AvgIpc) is 2.95. The molecule has 25 heavy (non-hydrogen) atoms. The second kappa shape index (κ2) is 7.18. The van der Waals surface area contributed by atoms with E-state index in [0.29, 0.717) is 21.0 Å². The summed E-state index contributed by atoms with van der Waals surface area (Å²) in [5.41, 5.74) is 6.13. The normalized spacial score (nSPS) is 13.7. The maximum absolute atomic E-state index is 13.8. The number of benzene rings is 1. The minimum absolute atomic E-state index is 0.160. The van der Waals surface area contributed by atoms with Crippen LogP contribution in [0.2, 0.25) is 0 Å². The summed E-state index contributed by atoms with van der Waals surface area (Å²) in [5.74, 6) is 0.314. The molecule has 0 aliphatic heterocycles. The van der Waals surface area contributed by atoms with E-state index < -0.39 is 12.5 Å². The first-order chi connectivity index (χ1) is 11.9. The number of nitrogens with zero attached hydrogens (tertiary/aromatic N) is 2. The van der Waals surface area contributed by atoms with E-state index in [1.807, 2.05) is 0 Å². The number of rotatable bonds is 6. The van der Waals surface area contributed by atoms with E-state index >= 15 is 0 Å². The third-order valence-corrected chi connectivity index (χ3v) is 4.61. The molecule has 2 atom stereocenters. The molecule has 2 unspecified atom stereocenters. The van der Waals surface area contributed by atoms with Crippen LogP contribution < -0.4 is 16.0 Å². The van der Waals surface area contributed by atoms with Crippen molar-refractivity contribution in [2.75, 3.05) is 5.73 Å². The van der Waals surface area contributed by atoms with Gasteiger partial charge in [-0.25, -0.2) is 13.8 Å². The number of hydrogen-bond donors (Lipinski definition) is 1. The quantitative estimate of drug-likeness (QED) is 0.726. The van der Waals surface area contributed by atoms with Gasteiger partial charge in [0.25, 0.3) is 5.56 Å². The van der Waals surface area contributed by atoms with Crippen molar-refractivity contribution < 1.29 is 13.5 Å². The van der Waals surface area contributed by atoms with Crippen LogP contribution in [0.25, 0.3) is 10.2 Å². The summed E-state index contributed by atoms with van der Waals surface area (Å²) in [5, 5.41) is 0.660. The zero-order valence-corrected chi connectivity index (χ0v) is 14.3. The number of halogens is 2. The Labute approximate surface area is 146 Å². The molecule has 0 fully saturated rings. The first kappa shape index (κ1) is 17.3. The highest BCUT2D eigenvalue weighted by molar-refractivity contribution is 7.19. The molecule has 0 radical (unpaired) electrons. The molecule has 3 aromatic rings. The third kappa shape index (κ3) is 3.96. The molecule has 0 spiro atoms. The van der Waals surface area contributed by atoms with Crippen molar-refractivity contribution >= 4 is 27.2 Å². The molecule has 5 nitrogen and oxygen atoms in total. The molecule has 0 aliphatic rings. The van der Waals surface area contributed by atoms with E-state index in [1.54, 1.807) is 30.5 Å². The highest BCUT2D eigenvalue weighted by Crippen LogP contribution is 2.32. The Bertz CT molecular complexity index is 939. The van der Waals surface area contributed by atoms with E-state index in [-0.39, 0.29) is 24.2 Å². The topological polar surface area (TPSA) is 70.1 Å². The van der Waals surface area contributed by atoms with Gasteiger partial charge in [0.2, 0.25) is 6.36 Å². The molecule has 0 amide bonds. The lowest BCUT2D eigenvalue weighted by Gasteiger charge is -2.12. The smallest absolute Gasteiger partial charge is 0.274 e. The monoisotopic (exact) mass is 365 g/mol. The largest absolute Gasteiger partial charge is 0.459 e. The van der Waals surface area contributed by atoms with Crippen LogP contribution in [0.15, 0.2) is 41.3 Å². The summed E-state index contributed by atoms with van der Waals surface area (Å²) in [6.07, 6.45) is -1.72. The summed E-state index contributed by atoms with van der Waals surface area (Å²) >= 11 is 1.30. The number of fused-ring (bicyclic) bond motifs is 1. The Morgan fingerprint density at radius 2 is 2.12 bits per heavy atom. The number of thiazole rings is 1. The Morgan fingerprint density at radius 3 is 2.88 bits per heavy atom. The summed E-state index contributed by atoms with van der Waals surface area (Å²) in [6, 6.07) is 8.31. The Kier molecular flexibility index (Phi) is 4.98. The van der Waals surface area contributed by atoms with E-state index in [1.165, 1.54) is 28.9 Å². The number of nitrogens with two attached hydrogens (primary N) is 1. The van der Waals surface area contributed by atoms with Crippen LogP contribution in [-0.2, 0) is 6.54 Å². The zero-order valence-electron chi connectivity index (χ0n) is 13.5. The maximum atomic E-state index is 13.8. The van der Waals surface area contributed by atoms with Gasteiger partial charge in [-0.1, -0.05) is 6.07 Å². The molecule has 0 saturated heterocycles. The van der Waals surface area contributed by atoms with Gasteiger partial charge in [-0.3, -0.25) is 4.79 Å². The van der Waals surface area contributed by atoms with Gasteiger partial charge in [0, 0.05) is 12.6 Å². The summed E-state index contributed by atoms with van der Waals surface area (Å²) in [4.78, 5) is 16.5. The number of anilines is 1. The maximum Gasteiger partial charge on any atom is 0.274 e. The molecule has 0 saturated carbocycles. The Balaban J connectivity index is 1.88. The van der Waals surface area contributed by atoms with E-state index in [0.717, 1.165) is 0 Å². The summed E-state index contributed by atoms with van der Waals surface area (Å²) in [6.45, 7) is 1.54. The standard InChI is InChI=1S/C17H17F2N3O2S/c1-10(18)8-14(19)24-13-6-2-5-12-16(13)25-15(21-12)9-22-7-3-4-11(20)17(22)23/h2-7,10,14H,8-9,20H2,1H3. The number of ether oxygens (including phenoxy) is 1. The van der Waals surface area contributed by atoms with Crippen molar-refractivity contribution in [2.24, 2.45) is 0 Å². The number of alkyl halides is 2. The van der Waals surface area contributed by atoms with Crippen molar-refractivity contribution in [1.82, 2.24) is 9.55 Å². The van der Waals surface area contributed by atoms with Crippen LogP contribution >= 0.6 is 11.3 Å². The van der Waals surface area contributed by atoms with E-state index in [9.17, 15) is 13.6 Å². The minimum Gasteiger partial charge on any atom is -0.459 e. The molecule has 0 aliphatic carbocycles. The third-order valence-electron chi connectivity index (χ3n) is 3.54. The first-order valence-corrected chi connectivity index (χ1v) is 8.54. The molecule has 1 aromatic carbocycles. The Hall–Kier alpha value is -2.48. The van der Waals surface area contributed by atoms with Gasteiger partial charge in [-0.2, -0.15) is 0 Å². The van der Waals surface area contributed by atoms with Crippen molar-refractivity contribution in [1.29, 1.82) is 0 Å². The molecule has 2 heterocycles. The highest BCUT2D eigenvalue weighted by atomic mass is 32.1. The van der Waals surface area contributed by atoms with Gasteiger partial charge in [0.15, 0.2) is 0 Å². The predicted molar refractivity (Wildman–Crippen MR) is 94.5 cm³/mol. The van der Waals surface area contributed by atoms with Crippen LogP contribution in [0.3, 0.4) is 0 Å². The summed E-state index contributed by atoms with van der Waals surface area (Å²) in [7, 11) is 0. The van der Waals surface area contributed by atoms with Crippen molar-refractivity contribution in [3.63, 3.8) is 0 Å². The average molecular weight is 365 g/mol. The molecule has 2 aromatic heterocycles. The second-order valence-electron chi connectivity index (χ2n) is 5.65. The fourth-order valence-electron chi connectivity index (χ4n) is 2.40. The fraction of sp³-hybridized carbons (Fsp3) is 0.294. The number of pyridine rings is 1. The van der Waals surface area contributed by atoms with Crippen molar-refractivity contribution in [2.45, 2.75) is 32.4 Å². The van der Waals surface area contributed by atoms with Gasteiger partial charge in [-0.05, 0) is 31.2 Å². The molecule has 132 valence electrons. The van der Waals surface area contributed by atoms with Crippen LogP contribution in [0, 0.1) is 0 Å². The predicted octanol–water partition coefficient (Wildman–Crippen LogP) is 3.51. The van der Waals surface area contributed by atoms with Crippen molar-refractivity contribution in [3.05, 3.63) is 51.9 Å². The Morgan fingerprint density at radius 1 is 1.32 bits per heavy atom. The van der Waals surface area contributed by atoms with Crippen LogP contribution in [0.1, 0.15) is 18.4 Å². The van der Waals surface area contributed by atoms with Gasteiger partial charge in [-0.15, -0.1) is 11.3 Å². The number of aromatic nitrogens is 2. The second-order valence-corrected chi connectivity index (χ2v) is 6.74.